The third-order valence-corrected chi connectivity index (χ3v) is 5.34. The molecule has 0 heterocycles. The molecule has 0 aromatic heterocycles. The summed E-state index contributed by atoms with van der Waals surface area (Å²) in [6.45, 7) is 4.36. The molecule has 104 valence electrons. The van der Waals surface area contributed by atoms with Gasteiger partial charge in [0.05, 0.1) is 0 Å². The lowest BCUT2D eigenvalue weighted by Crippen LogP contribution is -2.55. The fraction of sp³-hybridized carbons (Fsp3) is 0.667. The monoisotopic (exact) mass is 257 g/mol. The summed E-state index contributed by atoms with van der Waals surface area (Å²) in [5.41, 5.74) is 11.3. The van der Waals surface area contributed by atoms with Crippen molar-refractivity contribution in [2.24, 2.45) is 11.1 Å². The maximum Gasteiger partial charge on any atom is 0.0420 e. The average Bonchev–Trinajstić information content (AvgIpc) is 2.53. The molecule has 19 heavy (non-hydrogen) atoms. The highest BCUT2D eigenvalue weighted by Crippen LogP contribution is 2.58. The Morgan fingerprint density at radius 2 is 1.37 bits per heavy atom. The van der Waals surface area contributed by atoms with Gasteiger partial charge >= 0.3 is 0 Å². The smallest absolute Gasteiger partial charge is 0.0420 e. The minimum atomic E-state index is -0.0406. The normalized spacial score (nSPS) is 24.8. The standard InChI is InChI=1S/C18H27N/c1-14-9-15(2)11-16(10-14)18(19)12-17(13-18)7-5-3-4-6-8-17/h9-11H,3-8,12-13,19H2,1-2H3. The second kappa shape index (κ2) is 4.63. The van der Waals surface area contributed by atoms with Gasteiger partial charge < -0.3 is 5.73 Å². The summed E-state index contributed by atoms with van der Waals surface area (Å²) in [4.78, 5) is 0. The van der Waals surface area contributed by atoms with Crippen LogP contribution in [0.4, 0.5) is 0 Å². The molecule has 0 aliphatic heterocycles. The van der Waals surface area contributed by atoms with Crippen LogP contribution in [0.15, 0.2) is 18.2 Å². The van der Waals surface area contributed by atoms with Crippen molar-refractivity contribution in [3.8, 4) is 0 Å². The van der Waals surface area contributed by atoms with E-state index in [1.807, 2.05) is 0 Å². The van der Waals surface area contributed by atoms with Crippen LogP contribution in [0.3, 0.4) is 0 Å². The molecule has 1 heteroatoms. The van der Waals surface area contributed by atoms with Gasteiger partial charge in [0, 0.05) is 5.54 Å². The highest BCUT2D eigenvalue weighted by atomic mass is 14.8. The maximum atomic E-state index is 6.72. The third-order valence-electron chi connectivity index (χ3n) is 5.34. The van der Waals surface area contributed by atoms with E-state index >= 15 is 0 Å². The summed E-state index contributed by atoms with van der Waals surface area (Å²) in [5.74, 6) is 0. The number of rotatable bonds is 1. The van der Waals surface area contributed by atoms with E-state index < -0.39 is 0 Å². The molecule has 2 aliphatic rings. The number of aryl methyl sites for hydroxylation is 2. The van der Waals surface area contributed by atoms with Gasteiger partial charge in [0.2, 0.25) is 0 Å². The predicted octanol–water partition coefficient (Wildman–Crippen LogP) is 4.59. The minimum Gasteiger partial charge on any atom is -0.321 e. The SMILES string of the molecule is Cc1cc(C)cc(C2(N)CC3(CCCCCC3)C2)c1. The van der Waals surface area contributed by atoms with Gasteiger partial charge in [-0.3, -0.25) is 0 Å². The van der Waals surface area contributed by atoms with Gasteiger partial charge in [0.1, 0.15) is 0 Å². The second-order valence-electron chi connectivity index (χ2n) is 7.30. The fourth-order valence-corrected chi connectivity index (χ4v) is 4.58. The Balaban J connectivity index is 1.79. The van der Waals surface area contributed by atoms with Crippen LogP contribution < -0.4 is 5.73 Å². The quantitative estimate of drug-likeness (QED) is 0.782. The Morgan fingerprint density at radius 1 is 0.842 bits per heavy atom. The van der Waals surface area contributed by atoms with Gasteiger partial charge in [0.25, 0.3) is 0 Å². The van der Waals surface area contributed by atoms with Crippen molar-refractivity contribution < 1.29 is 0 Å². The van der Waals surface area contributed by atoms with Crippen molar-refractivity contribution in [1.29, 1.82) is 0 Å². The highest BCUT2D eigenvalue weighted by molar-refractivity contribution is 5.36. The molecule has 1 aromatic carbocycles. The van der Waals surface area contributed by atoms with Crippen molar-refractivity contribution in [3.05, 3.63) is 34.9 Å². The molecule has 0 saturated heterocycles. The average molecular weight is 257 g/mol. The van der Waals surface area contributed by atoms with E-state index in [0.717, 1.165) is 0 Å². The summed E-state index contributed by atoms with van der Waals surface area (Å²) in [6, 6.07) is 6.85. The fourth-order valence-electron chi connectivity index (χ4n) is 4.58. The molecule has 0 bridgehead atoms. The van der Waals surface area contributed by atoms with Crippen LogP contribution in [-0.4, -0.2) is 0 Å². The van der Waals surface area contributed by atoms with E-state index in [1.165, 1.54) is 68.1 Å². The number of nitrogens with two attached hydrogens (primary N) is 1. The first-order valence-corrected chi connectivity index (χ1v) is 7.89. The predicted molar refractivity (Wildman–Crippen MR) is 81.2 cm³/mol. The van der Waals surface area contributed by atoms with Gasteiger partial charge in [-0.25, -0.2) is 0 Å². The van der Waals surface area contributed by atoms with Crippen LogP contribution in [0.1, 0.15) is 68.1 Å². The van der Waals surface area contributed by atoms with Crippen molar-refractivity contribution in [1.82, 2.24) is 0 Å². The molecule has 2 N–H and O–H groups in total. The zero-order valence-electron chi connectivity index (χ0n) is 12.5. The first-order chi connectivity index (χ1) is 9.01. The molecule has 2 aliphatic carbocycles. The van der Waals surface area contributed by atoms with E-state index in [-0.39, 0.29) is 5.54 Å². The molecule has 0 atom stereocenters. The van der Waals surface area contributed by atoms with Crippen LogP contribution in [0.25, 0.3) is 0 Å². The highest BCUT2D eigenvalue weighted by Gasteiger charge is 2.52. The van der Waals surface area contributed by atoms with Crippen molar-refractivity contribution in [2.75, 3.05) is 0 Å². The van der Waals surface area contributed by atoms with Gasteiger partial charge in [-0.2, -0.15) is 0 Å². The molecule has 1 nitrogen and oxygen atoms in total. The van der Waals surface area contributed by atoms with E-state index in [1.54, 1.807) is 0 Å². The molecular weight excluding hydrogens is 230 g/mol. The summed E-state index contributed by atoms with van der Waals surface area (Å²) in [7, 11) is 0. The van der Waals surface area contributed by atoms with Crippen molar-refractivity contribution in [2.45, 2.75) is 70.8 Å². The van der Waals surface area contributed by atoms with Crippen LogP contribution in [0.2, 0.25) is 0 Å². The Bertz CT molecular complexity index is 438. The van der Waals surface area contributed by atoms with Crippen molar-refractivity contribution >= 4 is 0 Å². The van der Waals surface area contributed by atoms with Crippen LogP contribution in [0.5, 0.6) is 0 Å². The third kappa shape index (κ3) is 2.45. The molecule has 1 spiro atoms. The lowest BCUT2D eigenvalue weighted by atomic mass is 9.52. The summed E-state index contributed by atoms with van der Waals surface area (Å²) in [5, 5.41) is 0. The maximum absolute atomic E-state index is 6.72. The topological polar surface area (TPSA) is 26.0 Å². The molecule has 2 saturated carbocycles. The largest absolute Gasteiger partial charge is 0.321 e. The van der Waals surface area contributed by atoms with E-state index in [0.29, 0.717) is 5.41 Å². The summed E-state index contributed by atoms with van der Waals surface area (Å²) in [6.07, 6.45) is 11.0. The Morgan fingerprint density at radius 3 is 1.89 bits per heavy atom. The minimum absolute atomic E-state index is 0.0406. The zero-order chi connectivity index (χ0) is 13.5. The van der Waals surface area contributed by atoms with E-state index in [4.69, 9.17) is 5.73 Å². The summed E-state index contributed by atoms with van der Waals surface area (Å²) >= 11 is 0. The van der Waals surface area contributed by atoms with Crippen LogP contribution >= 0.6 is 0 Å². The molecule has 2 fully saturated rings. The number of hydrogen-bond acceptors (Lipinski definition) is 1. The van der Waals surface area contributed by atoms with Crippen LogP contribution in [-0.2, 0) is 5.54 Å². The molecule has 0 radical (unpaired) electrons. The number of hydrogen-bond donors (Lipinski definition) is 1. The van der Waals surface area contributed by atoms with Gasteiger partial charge in [0.15, 0.2) is 0 Å². The molecule has 1 aromatic rings. The summed E-state index contributed by atoms with van der Waals surface area (Å²) < 4.78 is 0. The Kier molecular flexibility index (Phi) is 3.21. The lowest BCUT2D eigenvalue weighted by molar-refractivity contribution is 0.00958. The lowest BCUT2D eigenvalue weighted by Gasteiger charge is -2.55. The molecular formula is C18H27N. The van der Waals surface area contributed by atoms with Crippen LogP contribution in [0, 0.1) is 19.3 Å². The van der Waals surface area contributed by atoms with Gasteiger partial charge in [-0.15, -0.1) is 0 Å². The van der Waals surface area contributed by atoms with Gasteiger partial charge in [-0.1, -0.05) is 55.0 Å². The first-order valence-electron chi connectivity index (χ1n) is 7.89. The van der Waals surface area contributed by atoms with E-state index in [2.05, 4.69) is 32.0 Å². The zero-order valence-corrected chi connectivity index (χ0v) is 12.5. The first kappa shape index (κ1) is 13.2. The van der Waals surface area contributed by atoms with E-state index in [9.17, 15) is 0 Å². The van der Waals surface area contributed by atoms with Gasteiger partial charge in [-0.05, 0) is 50.5 Å². The molecule has 0 amide bonds. The molecule has 3 rings (SSSR count). The second-order valence-corrected chi connectivity index (χ2v) is 7.30. The molecule has 0 unspecified atom stereocenters. The van der Waals surface area contributed by atoms with Crippen molar-refractivity contribution in [3.63, 3.8) is 0 Å². The Labute approximate surface area is 117 Å². The number of benzene rings is 1. The Hall–Kier alpha value is -0.820.